The van der Waals surface area contributed by atoms with E-state index in [1.807, 2.05) is 12.1 Å². The molecule has 0 aliphatic heterocycles. The van der Waals surface area contributed by atoms with Crippen LogP contribution in [0.15, 0.2) is 77.9 Å². The van der Waals surface area contributed by atoms with Crippen LogP contribution in [-0.2, 0) is 6.42 Å². The van der Waals surface area contributed by atoms with Crippen molar-refractivity contribution in [2.45, 2.75) is 54.4 Å². The van der Waals surface area contributed by atoms with Gasteiger partial charge in [-0.05, 0) is 81.7 Å². The molecule has 1 aliphatic rings. The summed E-state index contributed by atoms with van der Waals surface area (Å²) in [7, 11) is 3.50. The van der Waals surface area contributed by atoms with Gasteiger partial charge in [-0.15, -0.1) is 0 Å². The monoisotopic (exact) mass is 482 g/mol. The van der Waals surface area contributed by atoms with Crippen LogP contribution in [0.5, 0.6) is 11.5 Å². The minimum Gasteiger partial charge on any atom is -0.497 e. The van der Waals surface area contributed by atoms with Gasteiger partial charge in [0.15, 0.2) is 0 Å². The van der Waals surface area contributed by atoms with Crippen molar-refractivity contribution in [2.75, 3.05) is 14.2 Å². The van der Waals surface area contributed by atoms with Crippen LogP contribution < -0.4 is 9.47 Å². The molecule has 190 valence electrons. The van der Waals surface area contributed by atoms with E-state index in [2.05, 4.69) is 96.1 Å². The first-order valence-electron chi connectivity index (χ1n) is 13.4. The summed E-state index contributed by atoms with van der Waals surface area (Å²) in [6.07, 6.45) is 4.70. The number of benzene rings is 3. The zero-order valence-corrected chi connectivity index (χ0v) is 23.3. The molecule has 0 saturated heterocycles. The van der Waals surface area contributed by atoms with Gasteiger partial charge in [0.1, 0.15) is 11.5 Å². The summed E-state index contributed by atoms with van der Waals surface area (Å²) < 4.78 is 11.5. The number of methoxy groups -OCH3 is 2. The van der Waals surface area contributed by atoms with Gasteiger partial charge in [0, 0.05) is 5.56 Å². The maximum absolute atomic E-state index is 5.88. The van der Waals surface area contributed by atoms with Crippen LogP contribution in [0.3, 0.4) is 0 Å². The Morgan fingerprint density at radius 3 is 2.17 bits per heavy atom. The highest BCUT2D eigenvalue weighted by molar-refractivity contribution is 5.88. The van der Waals surface area contributed by atoms with Crippen molar-refractivity contribution >= 4 is 16.3 Å². The Bertz CT molecular complexity index is 1290. The van der Waals surface area contributed by atoms with E-state index < -0.39 is 0 Å². The van der Waals surface area contributed by atoms with Crippen molar-refractivity contribution in [3.63, 3.8) is 0 Å². The van der Waals surface area contributed by atoms with E-state index in [4.69, 9.17) is 9.47 Å². The largest absolute Gasteiger partial charge is 0.497 e. The van der Waals surface area contributed by atoms with Gasteiger partial charge in [-0.2, -0.15) is 0 Å². The van der Waals surface area contributed by atoms with Crippen molar-refractivity contribution in [3.05, 3.63) is 89.0 Å². The lowest BCUT2D eigenvalue weighted by Crippen LogP contribution is -2.33. The highest BCUT2D eigenvalue weighted by Gasteiger charge is 2.40. The Labute approximate surface area is 218 Å². The minimum atomic E-state index is 0.0406. The van der Waals surface area contributed by atoms with Gasteiger partial charge in [0.2, 0.25) is 0 Å². The molecule has 1 unspecified atom stereocenters. The molecule has 0 heterocycles. The predicted octanol–water partition coefficient (Wildman–Crippen LogP) is 9.14. The fraction of sp³-hybridized carbons (Fsp3) is 0.412. The van der Waals surface area contributed by atoms with Crippen LogP contribution in [0.2, 0.25) is 0 Å². The Morgan fingerprint density at radius 1 is 0.806 bits per heavy atom. The van der Waals surface area contributed by atoms with E-state index in [0.717, 1.165) is 29.9 Å². The maximum atomic E-state index is 5.88. The summed E-state index contributed by atoms with van der Waals surface area (Å²) in [6, 6.07) is 21.7. The Kier molecular flexibility index (Phi) is 7.64. The summed E-state index contributed by atoms with van der Waals surface area (Å²) in [5, 5.41) is 2.69. The standard InChI is InChI=1S/C34H42O2/c1-22(2)30-20-34(24(5)6,19-26-14-11-13-25-12-9-10-15-28(25)26)21-31(23(3)4)33(30)29-18-27(35-7)16-17-32(29)36-8/h9-18,20,22-24H,19,21H2,1-8H3. The Balaban J connectivity index is 1.94. The van der Waals surface area contributed by atoms with Crippen LogP contribution in [-0.4, -0.2) is 14.2 Å². The number of ether oxygens (including phenoxy) is 2. The van der Waals surface area contributed by atoms with Crippen molar-refractivity contribution in [3.8, 4) is 11.5 Å². The third kappa shape index (κ3) is 4.83. The zero-order chi connectivity index (χ0) is 26.0. The predicted molar refractivity (Wildman–Crippen MR) is 154 cm³/mol. The topological polar surface area (TPSA) is 18.5 Å². The molecule has 0 radical (unpaired) electrons. The normalized spacial score (nSPS) is 18.4. The number of rotatable bonds is 8. The van der Waals surface area contributed by atoms with Gasteiger partial charge in [-0.3, -0.25) is 0 Å². The molecule has 2 heteroatoms. The molecular formula is C34H42O2. The third-order valence-corrected chi connectivity index (χ3v) is 8.12. The summed E-state index contributed by atoms with van der Waals surface area (Å²) in [6.45, 7) is 14.1. The molecular weight excluding hydrogens is 440 g/mol. The van der Waals surface area contributed by atoms with Crippen LogP contribution in [0.25, 0.3) is 16.3 Å². The molecule has 0 bridgehead atoms. The molecule has 0 aromatic heterocycles. The van der Waals surface area contributed by atoms with Crippen molar-refractivity contribution < 1.29 is 9.47 Å². The van der Waals surface area contributed by atoms with Gasteiger partial charge in [-0.25, -0.2) is 0 Å². The molecule has 4 rings (SSSR count). The average Bonchev–Trinajstić information content (AvgIpc) is 2.87. The van der Waals surface area contributed by atoms with Gasteiger partial charge >= 0.3 is 0 Å². The zero-order valence-electron chi connectivity index (χ0n) is 23.3. The van der Waals surface area contributed by atoms with Gasteiger partial charge in [0.05, 0.1) is 14.2 Å². The second kappa shape index (κ2) is 10.5. The average molecular weight is 483 g/mol. The molecule has 36 heavy (non-hydrogen) atoms. The van der Waals surface area contributed by atoms with Gasteiger partial charge in [-0.1, -0.05) is 95.7 Å². The van der Waals surface area contributed by atoms with Crippen molar-refractivity contribution in [2.24, 2.45) is 23.2 Å². The number of hydrogen-bond acceptors (Lipinski definition) is 2. The molecule has 3 aromatic rings. The van der Waals surface area contributed by atoms with Crippen molar-refractivity contribution in [1.82, 2.24) is 0 Å². The second-order valence-electron chi connectivity index (χ2n) is 11.3. The van der Waals surface area contributed by atoms with Crippen LogP contribution in [0.1, 0.15) is 59.1 Å². The van der Waals surface area contributed by atoms with E-state index in [9.17, 15) is 0 Å². The number of hydrogen-bond donors (Lipinski definition) is 0. The molecule has 0 N–H and O–H groups in total. The summed E-state index contributed by atoms with van der Waals surface area (Å²) >= 11 is 0. The molecule has 3 aromatic carbocycles. The third-order valence-electron chi connectivity index (χ3n) is 8.12. The van der Waals surface area contributed by atoms with Crippen LogP contribution >= 0.6 is 0 Å². The first-order chi connectivity index (χ1) is 17.2. The summed E-state index contributed by atoms with van der Waals surface area (Å²) in [5.74, 6) is 3.06. The van der Waals surface area contributed by atoms with Crippen LogP contribution in [0.4, 0.5) is 0 Å². The Hall–Kier alpha value is -3.00. The van der Waals surface area contributed by atoms with E-state index in [-0.39, 0.29) is 5.41 Å². The van der Waals surface area contributed by atoms with E-state index in [1.54, 1.807) is 14.2 Å². The number of fused-ring (bicyclic) bond motifs is 1. The fourth-order valence-corrected chi connectivity index (χ4v) is 5.84. The fourth-order valence-electron chi connectivity index (χ4n) is 5.84. The molecule has 1 atom stereocenters. The maximum Gasteiger partial charge on any atom is 0.126 e. The highest BCUT2D eigenvalue weighted by atomic mass is 16.5. The minimum absolute atomic E-state index is 0.0406. The van der Waals surface area contributed by atoms with E-state index >= 15 is 0 Å². The number of allylic oxidation sites excluding steroid dienone is 4. The Morgan fingerprint density at radius 2 is 1.53 bits per heavy atom. The lowest BCUT2D eigenvalue weighted by molar-refractivity contribution is 0.249. The summed E-state index contributed by atoms with van der Waals surface area (Å²) in [4.78, 5) is 0. The van der Waals surface area contributed by atoms with Crippen LogP contribution in [0, 0.1) is 23.2 Å². The van der Waals surface area contributed by atoms with Crippen molar-refractivity contribution in [1.29, 1.82) is 0 Å². The van der Waals surface area contributed by atoms with Gasteiger partial charge in [0.25, 0.3) is 0 Å². The lowest BCUT2D eigenvalue weighted by Gasteiger charge is -2.43. The first kappa shape index (κ1) is 26.1. The molecule has 0 amide bonds. The summed E-state index contributed by atoms with van der Waals surface area (Å²) in [5.41, 5.74) is 6.91. The van der Waals surface area contributed by atoms with Gasteiger partial charge < -0.3 is 9.47 Å². The quantitative estimate of drug-likeness (QED) is 0.319. The molecule has 2 nitrogen and oxygen atoms in total. The molecule has 0 spiro atoms. The first-order valence-corrected chi connectivity index (χ1v) is 13.4. The lowest BCUT2D eigenvalue weighted by atomic mass is 9.61. The van der Waals surface area contributed by atoms with E-state index in [1.165, 1.54) is 33.1 Å². The highest BCUT2D eigenvalue weighted by Crippen LogP contribution is 2.53. The van der Waals surface area contributed by atoms with E-state index in [0.29, 0.717) is 17.8 Å². The SMILES string of the molecule is COc1ccc(OC)c(C2=C(C(C)C)CC(Cc3cccc4ccccc34)(C(C)C)C=C2C(C)C)c1. The molecule has 1 aliphatic carbocycles. The molecule has 0 fully saturated rings. The molecule has 0 saturated carbocycles. The smallest absolute Gasteiger partial charge is 0.126 e. The second-order valence-corrected chi connectivity index (χ2v) is 11.3.